The van der Waals surface area contributed by atoms with Crippen molar-refractivity contribution in [1.82, 2.24) is 10.6 Å². The van der Waals surface area contributed by atoms with E-state index >= 15 is 0 Å². The Morgan fingerprint density at radius 1 is 1.22 bits per heavy atom. The highest BCUT2D eigenvalue weighted by molar-refractivity contribution is 7.90. The minimum absolute atomic E-state index is 0.0999. The largest absolute Gasteiger partial charge is 0.357 e. The highest BCUT2D eigenvalue weighted by Gasteiger charge is 2.11. The van der Waals surface area contributed by atoms with Crippen molar-refractivity contribution in [2.24, 2.45) is 4.99 Å². The van der Waals surface area contributed by atoms with Gasteiger partial charge in [-0.05, 0) is 32.3 Å². The van der Waals surface area contributed by atoms with Gasteiger partial charge in [0, 0.05) is 19.1 Å². The summed E-state index contributed by atoms with van der Waals surface area (Å²) in [6, 6.07) is 9.63. The van der Waals surface area contributed by atoms with Gasteiger partial charge in [-0.3, -0.25) is 4.99 Å². The van der Waals surface area contributed by atoms with Crippen LogP contribution in [0.4, 0.5) is 0 Å². The average molecular weight is 340 g/mol. The predicted molar refractivity (Wildman–Crippen MR) is 97.4 cm³/mol. The van der Waals surface area contributed by atoms with Gasteiger partial charge in [0.25, 0.3) is 0 Å². The van der Waals surface area contributed by atoms with Crippen molar-refractivity contribution in [2.45, 2.75) is 45.4 Å². The second-order valence-corrected chi connectivity index (χ2v) is 7.83. The maximum absolute atomic E-state index is 12.1. The Morgan fingerprint density at radius 3 is 2.52 bits per heavy atom. The van der Waals surface area contributed by atoms with Gasteiger partial charge in [-0.25, -0.2) is 8.42 Å². The van der Waals surface area contributed by atoms with Crippen LogP contribution in [-0.4, -0.2) is 39.3 Å². The Kier molecular flexibility index (Phi) is 8.69. The highest BCUT2D eigenvalue weighted by Crippen LogP contribution is 2.07. The maximum Gasteiger partial charge on any atom is 0.191 e. The quantitative estimate of drug-likeness (QED) is 0.412. The lowest BCUT2D eigenvalue weighted by Crippen LogP contribution is -2.42. The number of nitrogens with one attached hydrogen (secondary N) is 2. The molecule has 2 N–H and O–H groups in total. The second-order valence-electron chi connectivity index (χ2n) is 5.65. The summed E-state index contributed by atoms with van der Waals surface area (Å²) in [5.41, 5.74) is 0.836. The van der Waals surface area contributed by atoms with E-state index in [0.717, 1.165) is 24.5 Å². The molecule has 1 rings (SSSR count). The van der Waals surface area contributed by atoms with E-state index in [-0.39, 0.29) is 11.5 Å². The van der Waals surface area contributed by atoms with Crippen molar-refractivity contribution in [3.05, 3.63) is 35.9 Å². The fourth-order valence-corrected chi connectivity index (χ4v) is 3.44. The average Bonchev–Trinajstić information content (AvgIpc) is 2.52. The summed E-state index contributed by atoms with van der Waals surface area (Å²) in [6.07, 6.45) is 1.54. The molecule has 0 fully saturated rings. The molecule has 6 heteroatoms. The van der Waals surface area contributed by atoms with Gasteiger partial charge in [0.05, 0.1) is 11.5 Å². The number of benzene rings is 1. The molecule has 0 saturated heterocycles. The van der Waals surface area contributed by atoms with Gasteiger partial charge >= 0.3 is 0 Å². The first-order valence-corrected chi connectivity index (χ1v) is 10.1. The Bertz CT molecular complexity index is 571. The smallest absolute Gasteiger partial charge is 0.191 e. The van der Waals surface area contributed by atoms with Gasteiger partial charge in [-0.1, -0.05) is 37.3 Å². The molecule has 5 nitrogen and oxygen atoms in total. The SMILES string of the molecule is CCNC(=NCCCS(=O)(=O)Cc1ccccc1)NC(C)CC. The highest BCUT2D eigenvalue weighted by atomic mass is 32.2. The summed E-state index contributed by atoms with van der Waals surface area (Å²) in [7, 11) is -3.08. The first-order chi connectivity index (χ1) is 11.0. The minimum Gasteiger partial charge on any atom is -0.357 e. The van der Waals surface area contributed by atoms with Crippen LogP contribution in [-0.2, 0) is 15.6 Å². The molecule has 130 valence electrons. The fourth-order valence-electron chi connectivity index (χ4n) is 2.03. The number of aliphatic imine (C=N–C) groups is 1. The van der Waals surface area contributed by atoms with Crippen molar-refractivity contribution >= 4 is 15.8 Å². The van der Waals surface area contributed by atoms with Crippen LogP contribution in [0.3, 0.4) is 0 Å². The lowest BCUT2D eigenvalue weighted by atomic mass is 10.2. The summed E-state index contributed by atoms with van der Waals surface area (Å²) in [4.78, 5) is 4.44. The van der Waals surface area contributed by atoms with Crippen molar-refractivity contribution in [2.75, 3.05) is 18.8 Å². The third-order valence-electron chi connectivity index (χ3n) is 3.45. The molecule has 0 aromatic heterocycles. The van der Waals surface area contributed by atoms with E-state index in [9.17, 15) is 8.42 Å². The number of guanidine groups is 1. The first kappa shape index (κ1) is 19.5. The minimum atomic E-state index is -3.08. The van der Waals surface area contributed by atoms with Crippen molar-refractivity contribution in [1.29, 1.82) is 0 Å². The van der Waals surface area contributed by atoms with E-state index in [2.05, 4.69) is 29.5 Å². The van der Waals surface area contributed by atoms with Gasteiger partial charge in [0.2, 0.25) is 0 Å². The van der Waals surface area contributed by atoms with Gasteiger partial charge in [-0.15, -0.1) is 0 Å². The van der Waals surface area contributed by atoms with Gasteiger partial charge in [0.1, 0.15) is 0 Å². The summed E-state index contributed by atoms with van der Waals surface area (Å²) in [6.45, 7) is 7.50. The Hall–Kier alpha value is -1.56. The maximum atomic E-state index is 12.1. The molecule has 0 amide bonds. The zero-order valence-corrected chi connectivity index (χ0v) is 15.2. The normalized spacial score (nSPS) is 13.6. The predicted octanol–water partition coefficient (Wildman–Crippen LogP) is 2.35. The number of hydrogen-bond donors (Lipinski definition) is 2. The van der Waals surface area contributed by atoms with Gasteiger partial charge in [0.15, 0.2) is 15.8 Å². The zero-order chi connectivity index (χ0) is 17.1. The van der Waals surface area contributed by atoms with E-state index in [1.807, 2.05) is 37.3 Å². The monoisotopic (exact) mass is 339 g/mol. The van der Waals surface area contributed by atoms with Crippen molar-refractivity contribution in [3.8, 4) is 0 Å². The summed E-state index contributed by atoms with van der Waals surface area (Å²) >= 11 is 0. The van der Waals surface area contributed by atoms with Crippen molar-refractivity contribution < 1.29 is 8.42 Å². The van der Waals surface area contributed by atoms with E-state index in [4.69, 9.17) is 0 Å². The molecule has 0 aliphatic heterocycles. The van der Waals surface area contributed by atoms with Crippen LogP contribution in [0.15, 0.2) is 35.3 Å². The standard InChI is InChI=1S/C17H29N3O2S/c1-4-15(3)20-17(18-5-2)19-12-9-13-23(21,22)14-16-10-7-6-8-11-16/h6-8,10-11,15H,4-5,9,12-14H2,1-3H3,(H2,18,19,20). The molecule has 0 aliphatic carbocycles. The number of sulfone groups is 1. The van der Waals surface area contributed by atoms with E-state index in [0.29, 0.717) is 19.0 Å². The first-order valence-electron chi connectivity index (χ1n) is 8.26. The van der Waals surface area contributed by atoms with Gasteiger partial charge < -0.3 is 10.6 Å². The molecule has 1 unspecified atom stereocenters. The molecule has 0 heterocycles. The Balaban J connectivity index is 2.45. The molecule has 1 aromatic rings. The summed E-state index contributed by atoms with van der Waals surface area (Å²) in [5, 5.41) is 6.47. The molecular weight excluding hydrogens is 310 g/mol. The van der Waals surface area contributed by atoms with Crippen LogP contribution >= 0.6 is 0 Å². The van der Waals surface area contributed by atoms with Crippen LogP contribution in [0.25, 0.3) is 0 Å². The molecule has 0 radical (unpaired) electrons. The molecule has 0 saturated carbocycles. The molecule has 0 bridgehead atoms. The lowest BCUT2D eigenvalue weighted by Gasteiger charge is -2.16. The third-order valence-corrected chi connectivity index (χ3v) is 5.14. The van der Waals surface area contributed by atoms with Gasteiger partial charge in [-0.2, -0.15) is 0 Å². The Labute approximate surface area is 140 Å². The number of hydrogen-bond acceptors (Lipinski definition) is 3. The van der Waals surface area contributed by atoms with Crippen LogP contribution < -0.4 is 10.6 Å². The molecular formula is C17H29N3O2S. The third kappa shape index (κ3) is 8.59. The summed E-state index contributed by atoms with van der Waals surface area (Å²) < 4.78 is 24.2. The summed E-state index contributed by atoms with van der Waals surface area (Å²) in [5.74, 6) is 1.01. The topological polar surface area (TPSA) is 70.6 Å². The van der Waals surface area contributed by atoms with Crippen molar-refractivity contribution in [3.63, 3.8) is 0 Å². The molecule has 23 heavy (non-hydrogen) atoms. The zero-order valence-electron chi connectivity index (χ0n) is 14.4. The van der Waals surface area contributed by atoms with E-state index < -0.39 is 9.84 Å². The van der Waals surface area contributed by atoms with E-state index in [1.54, 1.807) is 0 Å². The lowest BCUT2D eigenvalue weighted by molar-refractivity contribution is 0.592. The molecule has 0 aliphatic rings. The Morgan fingerprint density at radius 2 is 1.91 bits per heavy atom. The van der Waals surface area contributed by atoms with Crippen LogP contribution in [0, 0.1) is 0 Å². The fraction of sp³-hybridized carbons (Fsp3) is 0.588. The second kappa shape index (κ2) is 10.3. The van der Waals surface area contributed by atoms with Crippen LogP contribution in [0.1, 0.15) is 39.2 Å². The van der Waals surface area contributed by atoms with Crippen LogP contribution in [0.5, 0.6) is 0 Å². The van der Waals surface area contributed by atoms with Crippen LogP contribution in [0.2, 0.25) is 0 Å². The van der Waals surface area contributed by atoms with E-state index in [1.165, 1.54) is 0 Å². The number of rotatable bonds is 9. The number of nitrogens with zero attached hydrogens (tertiary/aromatic N) is 1. The molecule has 0 spiro atoms. The molecule has 1 aromatic carbocycles. The molecule has 1 atom stereocenters.